The van der Waals surface area contributed by atoms with Crippen LogP contribution in [0.2, 0.25) is 0 Å². The standard InChI is InChI=1S/C17H31N3O4/c1-5-24-16(23)17(19)8-6-7-12(17)14(21)11(4)20-15(22)13(18)9-10(2)3/h10-13H,5-9,18-19H2,1-4H3,(H,20,22)/t11-,12?,13-,17?/m0/s1. The molecule has 0 radical (unpaired) electrons. The van der Waals surface area contributed by atoms with Gasteiger partial charge < -0.3 is 21.5 Å². The predicted molar refractivity (Wildman–Crippen MR) is 90.9 cm³/mol. The van der Waals surface area contributed by atoms with E-state index in [0.29, 0.717) is 25.7 Å². The van der Waals surface area contributed by atoms with Crippen molar-refractivity contribution in [1.82, 2.24) is 5.32 Å². The van der Waals surface area contributed by atoms with Crippen LogP contribution in [0.5, 0.6) is 0 Å². The second-order valence-electron chi connectivity index (χ2n) is 7.07. The van der Waals surface area contributed by atoms with Gasteiger partial charge in [-0.25, -0.2) is 0 Å². The maximum atomic E-state index is 12.7. The van der Waals surface area contributed by atoms with E-state index in [1.807, 2.05) is 13.8 Å². The molecule has 7 heteroatoms. The molecule has 1 aliphatic rings. The van der Waals surface area contributed by atoms with Gasteiger partial charge in [0.1, 0.15) is 5.54 Å². The number of hydrogen-bond donors (Lipinski definition) is 3. The average Bonchev–Trinajstić information content (AvgIpc) is 2.89. The Morgan fingerprint density at radius 1 is 1.29 bits per heavy atom. The Bertz CT molecular complexity index is 480. The number of Topliss-reactive ketones (excluding diaryl/α,β-unsaturated/α-hetero) is 1. The van der Waals surface area contributed by atoms with Crippen LogP contribution in [0.4, 0.5) is 0 Å². The largest absolute Gasteiger partial charge is 0.465 e. The van der Waals surface area contributed by atoms with Crippen molar-refractivity contribution in [3.05, 3.63) is 0 Å². The molecule has 0 aromatic rings. The van der Waals surface area contributed by atoms with E-state index >= 15 is 0 Å². The lowest BCUT2D eigenvalue weighted by Crippen LogP contribution is -2.58. The zero-order chi connectivity index (χ0) is 18.5. The van der Waals surface area contributed by atoms with Gasteiger partial charge in [-0.1, -0.05) is 20.3 Å². The minimum Gasteiger partial charge on any atom is -0.465 e. The minimum absolute atomic E-state index is 0.217. The summed E-state index contributed by atoms with van der Waals surface area (Å²) in [5, 5.41) is 2.65. The van der Waals surface area contributed by atoms with Crippen LogP contribution in [0, 0.1) is 11.8 Å². The fraction of sp³-hybridized carbons (Fsp3) is 0.824. The molecule has 4 atom stereocenters. The van der Waals surface area contributed by atoms with Crippen LogP contribution in [0.1, 0.15) is 53.4 Å². The van der Waals surface area contributed by atoms with Gasteiger partial charge in [0.25, 0.3) is 0 Å². The van der Waals surface area contributed by atoms with Gasteiger partial charge in [0.2, 0.25) is 5.91 Å². The van der Waals surface area contributed by atoms with Gasteiger partial charge in [0, 0.05) is 5.92 Å². The SMILES string of the molecule is CCOC(=O)C1(N)CCCC1C(=O)[C@H](C)NC(=O)[C@@H](N)CC(C)C. The van der Waals surface area contributed by atoms with Crippen molar-refractivity contribution in [2.75, 3.05) is 6.61 Å². The van der Waals surface area contributed by atoms with E-state index < -0.39 is 29.5 Å². The minimum atomic E-state index is -1.30. The van der Waals surface area contributed by atoms with Gasteiger partial charge in [-0.2, -0.15) is 0 Å². The van der Waals surface area contributed by atoms with Gasteiger partial charge in [-0.05, 0) is 39.0 Å². The third-order valence-electron chi connectivity index (χ3n) is 4.55. The molecule has 1 saturated carbocycles. The van der Waals surface area contributed by atoms with Gasteiger partial charge in [0.15, 0.2) is 5.78 Å². The Morgan fingerprint density at radius 2 is 1.92 bits per heavy atom. The number of esters is 1. The van der Waals surface area contributed by atoms with Crippen molar-refractivity contribution < 1.29 is 19.1 Å². The van der Waals surface area contributed by atoms with Crippen molar-refractivity contribution in [2.24, 2.45) is 23.3 Å². The van der Waals surface area contributed by atoms with Crippen LogP contribution in [-0.4, -0.2) is 41.9 Å². The van der Waals surface area contributed by atoms with E-state index in [4.69, 9.17) is 16.2 Å². The summed E-state index contributed by atoms with van der Waals surface area (Å²) in [5.41, 5.74) is 10.7. The van der Waals surface area contributed by atoms with Crippen LogP contribution in [0.3, 0.4) is 0 Å². The maximum Gasteiger partial charge on any atom is 0.326 e. The molecule has 0 spiro atoms. The van der Waals surface area contributed by atoms with Crippen LogP contribution in [0.25, 0.3) is 0 Å². The topological polar surface area (TPSA) is 125 Å². The molecule has 1 fully saturated rings. The maximum absolute atomic E-state index is 12.7. The molecular formula is C17H31N3O4. The molecule has 0 aromatic carbocycles. The molecule has 0 saturated heterocycles. The van der Waals surface area contributed by atoms with Gasteiger partial charge in [0.05, 0.1) is 18.7 Å². The molecule has 0 aromatic heterocycles. The molecule has 0 bridgehead atoms. The highest BCUT2D eigenvalue weighted by Crippen LogP contribution is 2.36. The summed E-state index contributed by atoms with van der Waals surface area (Å²) < 4.78 is 5.03. The summed E-state index contributed by atoms with van der Waals surface area (Å²) in [6.45, 7) is 7.47. The Hall–Kier alpha value is -1.47. The highest BCUT2D eigenvalue weighted by atomic mass is 16.5. The second kappa shape index (κ2) is 8.58. The van der Waals surface area contributed by atoms with Crippen molar-refractivity contribution in [1.29, 1.82) is 0 Å². The fourth-order valence-electron chi connectivity index (χ4n) is 3.24. The molecule has 5 N–H and O–H groups in total. The summed E-state index contributed by atoms with van der Waals surface area (Å²) in [5.74, 6) is -1.51. The van der Waals surface area contributed by atoms with Crippen molar-refractivity contribution in [3.63, 3.8) is 0 Å². The molecule has 7 nitrogen and oxygen atoms in total. The molecule has 138 valence electrons. The van der Waals surface area contributed by atoms with Gasteiger partial charge in [-0.15, -0.1) is 0 Å². The van der Waals surface area contributed by atoms with Gasteiger partial charge >= 0.3 is 5.97 Å². The quantitative estimate of drug-likeness (QED) is 0.552. The summed E-state index contributed by atoms with van der Waals surface area (Å²) >= 11 is 0. The van der Waals surface area contributed by atoms with E-state index in [1.165, 1.54) is 0 Å². The zero-order valence-electron chi connectivity index (χ0n) is 15.1. The number of rotatable bonds is 8. The van der Waals surface area contributed by atoms with Crippen LogP contribution >= 0.6 is 0 Å². The van der Waals surface area contributed by atoms with Crippen LogP contribution < -0.4 is 16.8 Å². The van der Waals surface area contributed by atoms with E-state index in [0.717, 1.165) is 0 Å². The first-order valence-electron chi connectivity index (χ1n) is 8.69. The number of amides is 1. The highest BCUT2D eigenvalue weighted by molar-refractivity contribution is 5.97. The number of nitrogens with one attached hydrogen (secondary N) is 1. The smallest absolute Gasteiger partial charge is 0.326 e. The van der Waals surface area contributed by atoms with Crippen LogP contribution in [-0.2, 0) is 19.1 Å². The zero-order valence-corrected chi connectivity index (χ0v) is 15.1. The first-order valence-corrected chi connectivity index (χ1v) is 8.69. The molecular weight excluding hydrogens is 310 g/mol. The lowest BCUT2D eigenvalue weighted by molar-refractivity contribution is -0.153. The molecule has 1 rings (SSSR count). The van der Waals surface area contributed by atoms with Crippen molar-refractivity contribution in [2.45, 2.75) is 71.0 Å². The van der Waals surface area contributed by atoms with Crippen molar-refractivity contribution in [3.8, 4) is 0 Å². The Labute approximate surface area is 143 Å². The number of ketones is 1. The molecule has 2 unspecified atom stereocenters. The molecule has 24 heavy (non-hydrogen) atoms. The van der Waals surface area contributed by atoms with E-state index in [2.05, 4.69) is 5.32 Å². The molecule has 1 amide bonds. The van der Waals surface area contributed by atoms with E-state index in [9.17, 15) is 14.4 Å². The lowest BCUT2D eigenvalue weighted by atomic mass is 9.82. The number of carbonyl (C=O) groups excluding carboxylic acids is 3. The highest BCUT2D eigenvalue weighted by Gasteiger charge is 2.51. The third-order valence-corrected chi connectivity index (χ3v) is 4.55. The Balaban J connectivity index is 2.74. The number of hydrogen-bond acceptors (Lipinski definition) is 6. The van der Waals surface area contributed by atoms with E-state index in [-0.39, 0.29) is 24.2 Å². The number of ether oxygens (including phenoxy) is 1. The first kappa shape index (κ1) is 20.6. The molecule has 1 aliphatic carbocycles. The molecule has 0 aliphatic heterocycles. The summed E-state index contributed by atoms with van der Waals surface area (Å²) in [4.78, 5) is 37.0. The summed E-state index contributed by atoms with van der Waals surface area (Å²) in [7, 11) is 0. The average molecular weight is 341 g/mol. The first-order chi connectivity index (χ1) is 11.1. The van der Waals surface area contributed by atoms with Crippen LogP contribution in [0.15, 0.2) is 0 Å². The molecule has 0 heterocycles. The third kappa shape index (κ3) is 4.77. The fourth-order valence-corrected chi connectivity index (χ4v) is 3.24. The number of nitrogens with two attached hydrogens (primary N) is 2. The normalized spacial score (nSPS) is 26.0. The van der Waals surface area contributed by atoms with E-state index in [1.54, 1.807) is 13.8 Å². The summed E-state index contributed by atoms with van der Waals surface area (Å²) in [6, 6.07) is -1.40. The Kier molecular flexibility index (Phi) is 7.35. The number of carbonyl (C=O) groups is 3. The van der Waals surface area contributed by atoms with Gasteiger partial charge in [-0.3, -0.25) is 14.4 Å². The van der Waals surface area contributed by atoms with Crippen molar-refractivity contribution >= 4 is 17.7 Å². The monoisotopic (exact) mass is 341 g/mol. The Morgan fingerprint density at radius 3 is 2.46 bits per heavy atom. The predicted octanol–water partition coefficient (Wildman–Crippen LogP) is 0.494. The second-order valence-corrected chi connectivity index (χ2v) is 7.07. The summed E-state index contributed by atoms with van der Waals surface area (Å²) in [6.07, 6.45) is 2.15. The lowest BCUT2D eigenvalue weighted by Gasteiger charge is -2.30.